The largest absolute Gasteiger partial charge is 0.377 e. The monoisotopic (exact) mass is 263 g/mol. The van der Waals surface area contributed by atoms with E-state index in [1.54, 1.807) is 0 Å². The van der Waals surface area contributed by atoms with Gasteiger partial charge in [0.2, 0.25) is 0 Å². The molecule has 2 rings (SSSR count). The number of ether oxygens (including phenoxy) is 1. The van der Waals surface area contributed by atoms with Crippen LogP contribution in [0.2, 0.25) is 0 Å². The molecule has 1 aliphatic rings. The molecule has 4 nitrogen and oxygen atoms in total. The van der Waals surface area contributed by atoms with Crippen molar-refractivity contribution in [3.63, 3.8) is 0 Å². The Labute approximate surface area is 106 Å². The minimum Gasteiger partial charge on any atom is -0.377 e. The molecule has 1 aromatic rings. The van der Waals surface area contributed by atoms with Gasteiger partial charge in [-0.1, -0.05) is 0 Å². The van der Waals surface area contributed by atoms with Gasteiger partial charge in [-0.3, -0.25) is 0 Å². The molecular formula is C10H18ClN3OS. The molecule has 1 aromatic heterocycles. The molecule has 1 atom stereocenters. The Morgan fingerprint density at radius 3 is 3.06 bits per heavy atom. The standard InChI is InChI=1S/C10H17N3OS.ClH/c11-10-13-7-9(15-10)6-12-5-8-3-1-2-4-14-8;/h7-8,12H,1-6H2,(H2,11,13);1H. The summed E-state index contributed by atoms with van der Waals surface area (Å²) in [7, 11) is 0. The lowest BCUT2D eigenvalue weighted by Gasteiger charge is -2.22. The van der Waals surface area contributed by atoms with E-state index in [1.807, 2.05) is 6.20 Å². The van der Waals surface area contributed by atoms with Crippen molar-refractivity contribution in [1.82, 2.24) is 10.3 Å². The first-order chi connectivity index (χ1) is 7.34. The number of hydrogen-bond acceptors (Lipinski definition) is 5. The van der Waals surface area contributed by atoms with Crippen LogP contribution in [0.25, 0.3) is 0 Å². The Balaban J connectivity index is 0.00000128. The van der Waals surface area contributed by atoms with E-state index in [0.29, 0.717) is 11.2 Å². The molecule has 1 saturated heterocycles. The van der Waals surface area contributed by atoms with Crippen LogP contribution in [0.4, 0.5) is 5.13 Å². The zero-order chi connectivity index (χ0) is 10.5. The van der Waals surface area contributed by atoms with Crippen LogP contribution >= 0.6 is 23.7 Å². The highest BCUT2D eigenvalue weighted by atomic mass is 35.5. The minimum atomic E-state index is 0. The van der Waals surface area contributed by atoms with Crippen LogP contribution in [-0.2, 0) is 11.3 Å². The Bertz CT molecular complexity index is 302. The topological polar surface area (TPSA) is 60.2 Å². The van der Waals surface area contributed by atoms with Crippen molar-refractivity contribution in [3.05, 3.63) is 11.1 Å². The third kappa shape index (κ3) is 4.25. The van der Waals surface area contributed by atoms with Gasteiger partial charge in [-0.05, 0) is 19.3 Å². The highest BCUT2D eigenvalue weighted by Crippen LogP contribution is 2.15. The quantitative estimate of drug-likeness (QED) is 0.870. The van der Waals surface area contributed by atoms with Gasteiger partial charge in [0.1, 0.15) is 0 Å². The van der Waals surface area contributed by atoms with Gasteiger partial charge in [-0.15, -0.1) is 23.7 Å². The van der Waals surface area contributed by atoms with Gasteiger partial charge in [-0.25, -0.2) is 4.98 Å². The number of nitrogens with one attached hydrogen (secondary N) is 1. The second-order valence-corrected chi connectivity index (χ2v) is 4.93. The van der Waals surface area contributed by atoms with Crippen LogP contribution in [0.15, 0.2) is 6.20 Å². The van der Waals surface area contributed by atoms with Crippen molar-refractivity contribution in [3.8, 4) is 0 Å². The third-order valence-electron chi connectivity index (χ3n) is 2.52. The number of nitrogens with zero attached hydrogens (tertiary/aromatic N) is 1. The summed E-state index contributed by atoms with van der Waals surface area (Å²) in [5.41, 5.74) is 5.55. The minimum absolute atomic E-state index is 0. The van der Waals surface area contributed by atoms with Crippen LogP contribution in [0.1, 0.15) is 24.1 Å². The number of rotatable bonds is 4. The molecular weight excluding hydrogens is 246 g/mol. The molecule has 0 aliphatic carbocycles. The van der Waals surface area contributed by atoms with Gasteiger partial charge in [-0.2, -0.15) is 0 Å². The fraction of sp³-hybridized carbons (Fsp3) is 0.700. The second-order valence-electron chi connectivity index (χ2n) is 3.78. The number of nitrogens with two attached hydrogens (primary N) is 1. The highest BCUT2D eigenvalue weighted by Gasteiger charge is 2.12. The first-order valence-electron chi connectivity index (χ1n) is 5.37. The molecule has 1 unspecified atom stereocenters. The molecule has 0 radical (unpaired) electrons. The van der Waals surface area contributed by atoms with Gasteiger partial charge >= 0.3 is 0 Å². The summed E-state index contributed by atoms with van der Waals surface area (Å²) < 4.78 is 5.62. The van der Waals surface area contributed by atoms with E-state index in [2.05, 4.69) is 10.3 Å². The maximum absolute atomic E-state index is 5.62. The molecule has 92 valence electrons. The molecule has 0 amide bonds. The van der Waals surface area contributed by atoms with E-state index in [-0.39, 0.29) is 12.4 Å². The molecule has 6 heteroatoms. The summed E-state index contributed by atoms with van der Waals surface area (Å²) in [5.74, 6) is 0. The van der Waals surface area contributed by atoms with E-state index in [1.165, 1.54) is 35.5 Å². The molecule has 0 spiro atoms. The van der Waals surface area contributed by atoms with Gasteiger partial charge in [0.05, 0.1) is 6.10 Å². The van der Waals surface area contributed by atoms with Crippen molar-refractivity contribution < 1.29 is 4.74 Å². The Kier molecular flexibility index (Phi) is 6.05. The highest BCUT2D eigenvalue weighted by molar-refractivity contribution is 7.15. The maximum atomic E-state index is 5.62. The first-order valence-corrected chi connectivity index (χ1v) is 6.19. The summed E-state index contributed by atoms with van der Waals surface area (Å²) in [6, 6.07) is 0. The van der Waals surface area contributed by atoms with Crippen LogP contribution in [-0.4, -0.2) is 24.2 Å². The van der Waals surface area contributed by atoms with Crippen molar-refractivity contribution in [2.45, 2.75) is 31.9 Å². The summed E-state index contributed by atoms with van der Waals surface area (Å²) >= 11 is 1.54. The number of aromatic nitrogens is 1. The summed E-state index contributed by atoms with van der Waals surface area (Å²) in [5, 5.41) is 4.01. The Morgan fingerprint density at radius 1 is 1.56 bits per heavy atom. The van der Waals surface area contributed by atoms with E-state index in [4.69, 9.17) is 10.5 Å². The number of thiazole rings is 1. The molecule has 0 bridgehead atoms. The average molecular weight is 264 g/mol. The Hall–Kier alpha value is -0.360. The summed E-state index contributed by atoms with van der Waals surface area (Å²) in [6.07, 6.45) is 5.90. The van der Waals surface area contributed by atoms with Crippen LogP contribution < -0.4 is 11.1 Å². The van der Waals surface area contributed by atoms with Crippen LogP contribution in [0.5, 0.6) is 0 Å². The number of nitrogen functional groups attached to an aromatic ring is 1. The van der Waals surface area contributed by atoms with Gasteiger partial charge in [0, 0.05) is 30.8 Å². The molecule has 16 heavy (non-hydrogen) atoms. The van der Waals surface area contributed by atoms with Gasteiger partial charge in [0.15, 0.2) is 5.13 Å². The second kappa shape index (κ2) is 7.06. The van der Waals surface area contributed by atoms with E-state index in [9.17, 15) is 0 Å². The number of anilines is 1. The fourth-order valence-electron chi connectivity index (χ4n) is 1.73. The lowest BCUT2D eigenvalue weighted by molar-refractivity contribution is 0.0168. The molecule has 1 fully saturated rings. The number of halogens is 1. The normalized spacial score (nSPS) is 20.4. The maximum Gasteiger partial charge on any atom is 0.180 e. The SMILES string of the molecule is Cl.Nc1ncc(CNCC2CCCCO2)s1. The smallest absolute Gasteiger partial charge is 0.180 e. The average Bonchev–Trinajstić information content (AvgIpc) is 2.66. The molecule has 3 N–H and O–H groups in total. The predicted octanol–water partition coefficient (Wildman–Crippen LogP) is 1.81. The van der Waals surface area contributed by atoms with E-state index >= 15 is 0 Å². The van der Waals surface area contributed by atoms with Crippen molar-refractivity contribution in [1.29, 1.82) is 0 Å². The van der Waals surface area contributed by atoms with E-state index in [0.717, 1.165) is 19.7 Å². The van der Waals surface area contributed by atoms with Crippen LogP contribution in [0.3, 0.4) is 0 Å². The Morgan fingerprint density at radius 2 is 2.44 bits per heavy atom. The number of hydrogen-bond donors (Lipinski definition) is 2. The summed E-state index contributed by atoms with van der Waals surface area (Å²) in [6.45, 7) is 2.69. The van der Waals surface area contributed by atoms with Crippen molar-refractivity contribution in [2.24, 2.45) is 0 Å². The first kappa shape index (κ1) is 13.7. The van der Waals surface area contributed by atoms with Crippen molar-refractivity contribution in [2.75, 3.05) is 18.9 Å². The lowest BCUT2D eigenvalue weighted by atomic mass is 10.1. The zero-order valence-electron chi connectivity index (χ0n) is 9.15. The predicted molar refractivity (Wildman–Crippen MR) is 69.1 cm³/mol. The molecule has 0 aromatic carbocycles. The molecule has 0 saturated carbocycles. The summed E-state index contributed by atoms with van der Waals surface area (Å²) in [4.78, 5) is 5.19. The third-order valence-corrected chi connectivity index (χ3v) is 3.34. The molecule has 1 aliphatic heterocycles. The lowest BCUT2D eigenvalue weighted by Crippen LogP contribution is -2.31. The fourth-order valence-corrected chi connectivity index (χ4v) is 2.38. The van der Waals surface area contributed by atoms with Gasteiger partial charge in [0.25, 0.3) is 0 Å². The van der Waals surface area contributed by atoms with Gasteiger partial charge < -0.3 is 15.8 Å². The van der Waals surface area contributed by atoms with Crippen molar-refractivity contribution >= 4 is 28.9 Å². The van der Waals surface area contributed by atoms with E-state index < -0.39 is 0 Å². The molecule has 2 heterocycles. The zero-order valence-corrected chi connectivity index (χ0v) is 10.8. The van der Waals surface area contributed by atoms with Crippen LogP contribution in [0, 0.1) is 0 Å².